The molecule has 6 rings (SSSR count). The lowest BCUT2D eigenvalue weighted by Crippen LogP contribution is -2.04. The Bertz CT molecular complexity index is 1480. The third kappa shape index (κ3) is 3.08. The fourth-order valence-electron chi connectivity index (χ4n) is 4.52. The third-order valence-electron chi connectivity index (χ3n) is 5.87. The molecule has 4 aromatic carbocycles. The van der Waals surface area contributed by atoms with Gasteiger partial charge in [-0.05, 0) is 22.8 Å². The van der Waals surface area contributed by atoms with E-state index < -0.39 is 0 Å². The van der Waals surface area contributed by atoms with E-state index in [0.717, 1.165) is 6.54 Å². The van der Waals surface area contributed by atoms with E-state index in [1.807, 2.05) is 11.3 Å². The summed E-state index contributed by atoms with van der Waals surface area (Å²) in [5.74, 6) is 0. The average Bonchev–Trinajstić information content (AvgIpc) is 3.35. The van der Waals surface area contributed by atoms with Gasteiger partial charge in [-0.3, -0.25) is 0 Å². The zero-order valence-corrected chi connectivity index (χ0v) is 17.8. The Balaban J connectivity index is 1.76. The summed E-state index contributed by atoms with van der Waals surface area (Å²) in [6.07, 6.45) is 0. The molecule has 2 aromatic heterocycles. The Labute approximate surface area is 185 Å². The first-order valence-electron chi connectivity index (χ1n) is 10.6. The normalized spacial score (nSPS) is 11.4. The molecule has 0 aliphatic carbocycles. The summed E-state index contributed by atoms with van der Waals surface area (Å²) in [4.78, 5) is 0. The molecule has 0 bridgehead atoms. The lowest BCUT2D eigenvalue weighted by atomic mass is 10.1. The highest BCUT2D eigenvalue weighted by molar-refractivity contribution is 7.26. The molecule has 0 saturated carbocycles. The maximum Gasteiger partial charge on any atom is 0.0670 e. The number of aromatic nitrogens is 1. The molecular formula is C29H21NS. The summed E-state index contributed by atoms with van der Waals surface area (Å²) in [6, 6.07) is 41.2. The van der Waals surface area contributed by atoms with E-state index in [2.05, 4.69) is 120 Å². The summed E-state index contributed by atoms with van der Waals surface area (Å²) in [7, 11) is 0. The minimum atomic E-state index is 0.838. The largest absolute Gasteiger partial charge is 0.334 e. The van der Waals surface area contributed by atoms with E-state index in [0.29, 0.717) is 0 Å². The van der Waals surface area contributed by atoms with E-state index >= 15 is 0 Å². The molecule has 2 heterocycles. The van der Waals surface area contributed by atoms with Crippen LogP contribution in [0.3, 0.4) is 0 Å². The minimum absolute atomic E-state index is 0.838. The van der Waals surface area contributed by atoms with E-state index in [1.54, 1.807) is 0 Å². The van der Waals surface area contributed by atoms with Crippen LogP contribution in [-0.2, 0) is 6.54 Å². The molecule has 0 aliphatic rings. The van der Waals surface area contributed by atoms with Crippen molar-refractivity contribution in [1.29, 1.82) is 0 Å². The van der Waals surface area contributed by atoms with Gasteiger partial charge in [0.15, 0.2) is 0 Å². The van der Waals surface area contributed by atoms with Gasteiger partial charge >= 0.3 is 0 Å². The molecule has 0 N–H and O–H groups in total. The second-order valence-electron chi connectivity index (χ2n) is 7.80. The van der Waals surface area contributed by atoms with Crippen LogP contribution in [0.4, 0.5) is 0 Å². The third-order valence-corrected chi connectivity index (χ3v) is 7.04. The number of rotatable bonds is 4. The van der Waals surface area contributed by atoms with E-state index in [-0.39, 0.29) is 0 Å². The highest BCUT2D eigenvalue weighted by Crippen LogP contribution is 2.47. The predicted molar refractivity (Wildman–Crippen MR) is 134 cm³/mol. The first kappa shape index (κ1) is 18.2. The fourth-order valence-corrected chi connectivity index (χ4v) is 5.80. The van der Waals surface area contributed by atoms with Crippen LogP contribution in [0.1, 0.15) is 5.56 Å². The molecule has 148 valence electrons. The van der Waals surface area contributed by atoms with E-state index in [9.17, 15) is 0 Å². The second kappa shape index (κ2) is 7.57. The molecule has 0 amide bonds. The van der Waals surface area contributed by atoms with Crippen LogP contribution in [0.5, 0.6) is 0 Å². The summed E-state index contributed by atoms with van der Waals surface area (Å²) in [5, 5.41) is 2.70. The summed E-state index contributed by atoms with van der Waals surface area (Å²) in [5.41, 5.74) is 6.44. The number of hydrogen-bond acceptors (Lipinski definition) is 1. The van der Waals surface area contributed by atoms with Crippen LogP contribution >= 0.6 is 11.3 Å². The second-order valence-corrected chi connectivity index (χ2v) is 8.86. The maximum absolute atomic E-state index is 2.52. The Morgan fingerprint density at radius 2 is 1.10 bits per heavy atom. The molecule has 6 aromatic rings. The molecule has 1 nitrogen and oxygen atoms in total. The lowest BCUT2D eigenvalue weighted by molar-refractivity contribution is 0.826. The first-order chi connectivity index (χ1) is 15.4. The van der Waals surface area contributed by atoms with Crippen molar-refractivity contribution >= 4 is 31.5 Å². The molecule has 0 aliphatic heterocycles. The van der Waals surface area contributed by atoms with Gasteiger partial charge in [-0.1, -0.05) is 109 Å². The highest BCUT2D eigenvalue weighted by atomic mass is 32.1. The van der Waals surface area contributed by atoms with Gasteiger partial charge in [-0.15, -0.1) is 11.3 Å². The standard InChI is InChI=1S/C29H21NS/c1-4-12-21(13-5-1)20-30-27(22-14-6-2-7-15-22)26-24-18-10-11-19-25(24)31-29(26)28(30)23-16-8-3-9-17-23/h1-19H,20H2. The molecule has 0 spiro atoms. The fraction of sp³-hybridized carbons (Fsp3) is 0.0345. The molecule has 0 unspecified atom stereocenters. The van der Waals surface area contributed by atoms with Crippen molar-refractivity contribution in [2.75, 3.05) is 0 Å². The van der Waals surface area contributed by atoms with Gasteiger partial charge in [0.2, 0.25) is 0 Å². The number of nitrogens with zero attached hydrogens (tertiary/aromatic N) is 1. The maximum atomic E-state index is 2.52. The molecule has 2 heteroatoms. The van der Waals surface area contributed by atoms with Gasteiger partial charge in [0.05, 0.1) is 16.1 Å². The number of benzene rings is 4. The van der Waals surface area contributed by atoms with Gasteiger partial charge in [-0.25, -0.2) is 0 Å². The Kier molecular flexibility index (Phi) is 4.44. The van der Waals surface area contributed by atoms with Crippen molar-refractivity contribution in [3.63, 3.8) is 0 Å². The lowest BCUT2D eigenvalue weighted by Gasteiger charge is -2.15. The van der Waals surface area contributed by atoms with Gasteiger partial charge in [0, 0.05) is 22.0 Å². The quantitative estimate of drug-likeness (QED) is 0.273. The van der Waals surface area contributed by atoms with E-state index in [4.69, 9.17) is 0 Å². The van der Waals surface area contributed by atoms with Crippen LogP contribution in [0, 0.1) is 0 Å². The summed E-state index contributed by atoms with van der Waals surface area (Å²) < 4.78 is 5.23. The zero-order valence-electron chi connectivity index (χ0n) is 17.0. The van der Waals surface area contributed by atoms with Crippen molar-refractivity contribution in [3.8, 4) is 22.5 Å². The van der Waals surface area contributed by atoms with Crippen molar-refractivity contribution in [2.45, 2.75) is 6.54 Å². The van der Waals surface area contributed by atoms with Gasteiger partial charge in [0.1, 0.15) is 0 Å². The van der Waals surface area contributed by atoms with Crippen LogP contribution < -0.4 is 0 Å². The molecule has 0 fully saturated rings. The van der Waals surface area contributed by atoms with Crippen molar-refractivity contribution < 1.29 is 0 Å². The molecule has 0 radical (unpaired) electrons. The van der Waals surface area contributed by atoms with Crippen LogP contribution in [0.2, 0.25) is 0 Å². The monoisotopic (exact) mass is 415 g/mol. The summed E-state index contributed by atoms with van der Waals surface area (Å²) in [6.45, 7) is 0.838. The molecule has 0 saturated heterocycles. The smallest absolute Gasteiger partial charge is 0.0670 e. The zero-order chi connectivity index (χ0) is 20.6. The minimum Gasteiger partial charge on any atom is -0.334 e. The van der Waals surface area contributed by atoms with Crippen LogP contribution in [-0.4, -0.2) is 4.57 Å². The summed E-state index contributed by atoms with van der Waals surface area (Å²) >= 11 is 1.90. The van der Waals surface area contributed by atoms with Crippen LogP contribution in [0.25, 0.3) is 42.7 Å². The van der Waals surface area contributed by atoms with E-state index in [1.165, 1.54) is 48.3 Å². The Morgan fingerprint density at radius 1 is 0.548 bits per heavy atom. The van der Waals surface area contributed by atoms with Crippen molar-refractivity contribution in [2.24, 2.45) is 0 Å². The highest BCUT2D eigenvalue weighted by Gasteiger charge is 2.23. The Morgan fingerprint density at radius 3 is 1.77 bits per heavy atom. The van der Waals surface area contributed by atoms with Crippen molar-refractivity contribution in [3.05, 3.63) is 121 Å². The van der Waals surface area contributed by atoms with Gasteiger partial charge < -0.3 is 4.57 Å². The number of thiophene rings is 1. The molecule has 31 heavy (non-hydrogen) atoms. The SMILES string of the molecule is c1ccc(Cn2c(-c3ccccc3)c3sc4ccccc4c3c2-c2ccccc2)cc1. The molecule has 0 atom stereocenters. The number of fused-ring (bicyclic) bond motifs is 3. The van der Waals surface area contributed by atoms with Crippen LogP contribution in [0.15, 0.2) is 115 Å². The van der Waals surface area contributed by atoms with Gasteiger partial charge in [0.25, 0.3) is 0 Å². The van der Waals surface area contributed by atoms with Gasteiger partial charge in [-0.2, -0.15) is 0 Å². The van der Waals surface area contributed by atoms with Crippen molar-refractivity contribution in [1.82, 2.24) is 4.57 Å². The predicted octanol–water partition coefficient (Wildman–Crippen LogP) is 8.24. The number of hydrogen-bond donors (Lipinski definition) is 0. The topological polar surface area (TPSA) is 4.93 Å². The first-order valence-corrected chi connectivity index (χ1v) is 11.4. The Hall–Kier alpha value is -3.62. The molecular weight excluding hydrogens is 394 g/mol. The average molecular weight is 416 g/mol.